The van der Waals surface area contributed by atoms with Gasteiger partial charge in [0.2, 0.25) is 0 Å². The van der Waals surface area contributed by atoms with Crippen molar-refractivity contribution in [2.24, 2.45) is 0 Å². The Labute approximate surface area is 177 Å². The molecule has 2 heterocycles. The summed E-state index contributed by atoms with van der Waals surface area (Å²) < 4.78 is 7.97. The third-order valence-electron chi connectivity index (χ3n) is 4.58. The lowest BCUT2D eigenvalue weighted by Gasteiger charge is -2.15. The number of aliphatic hydroxyl groups excluding tert-OH is 1. The van der Waals surface area contributed by atoms with Crippen LogP contribution in [0.1, 0.15) is 6.92 Å². The van der Waals surface area contributed by atoms with Crippen LogP contribution in [0.2, 0.25) is 30.7 Å². The lowest BCUT2D eigenvalue weighted by Crippen LogP contribution is -2.22. The van der Waals surface area contributed by atoms with E-state index in [1.807, 2.05) is 35.0 Å². The number of fused-ring (bicyclic) bond motifs is 1. The van der Waals surface area contributed by atoms with Crippen molar-refractivity contribution in [3.05, 3.63) is 41.8 Å². The number of nitrogens with one attached hydrogen (secondary N) is 1. The van der Waals surface area contributed by atoms with Gasteiger partial charge in [0.25, 0.3) is 0 Å². The molecule has 0 aliphatic rings. The average Bonchev–Trinajstić information content (AvgIpc) is 3.02. The van der Waals surface area contributed by atoms with Crippen LogP contribution in [0.5, 0.6) is 0 Å². The molecule has 1 aromatic carbocycles. The Bertz CT molecular complexity index is 969. The third kappa shape index (κ3) is 5.79. The van der Waals surface area contributed by atoms with Crippen molar-refractivity contribution in [3.8, 4) is 11.1 Å². The first-order valence-corrected chi connectivity index (χ1v) is 13.9. The summed E-state index contributed by atoms with van der Waals surface area (Å²) in [5.41, 5.74) is 2.75. The molecule has 156 valence electrons. The number of hydrogen-bond acceptors (Lipinski definition) is 5. The Morgan fingerprint density at radius 3 is 2.76 bits per heavy atom. The molecule has 3 aromatic rings. The van der Waals surface area contributed by atoms with Crippen LogP contribution in [0.25, 0.3) is 22.2 Å². The van der Waals surface area contributed by atoms with E-state index in [1.165, 1.54) is 6.33 Å². The molecule has 1 unspecified atom stereocenters. The van der Waals surface area contributed by atoms with Crippen LogP contribution in [0, 0.1) is 0 Å². The standard InChI is InChI=1S/C21H29ClN4O2Si/c1-15(27)11-23-20-19-18(16-6-5-7-17(22)10-16)12-26(21(19)25-13-24-20)14-28-8-9-29(2,3)4/h5-7,10,12-13,15,27H,8-9,11,14H2,1-4H3,(H,23,24,25). The second kappa shape index (κ2) is 9.26. The minimum Gasteiger partial charge on any atom is -0.392 e. The topological polar surface area (TPSA) is 72.2 Å². The van der Waals surface area contributed by atoms with Gasteiger partial charge in [-0.05, 0) is 30.7 Å². The summed E-state index contributed by atoms with van der Waals surface area (Å²) in [6.45, 7) is 10.3. The van der Waals surface area contributed by atoms with Gasteiger partial charge in [0.1, 0.15) is 24.5 Å². The number of rotatable bonds is 9. The Balaban J connectivity index is 1.98. The fourth-order valence-electron chi connectivity index (χ4n) is 3.02. The maximum Gasteiger partial charge on any atom is 0.148 e. The third-order valence-corrected chi connectivity index (χ3v) is 6.52. The predicted molar refractivity (Wildman–Crippen MR) is 122 cm³/mol. The number of anilines is 1. The molecule has 29 heavy (non-hydrogen) atoms. The van der Waals surface area contributed by atoms with E-state index in [0.717, 1.165) is 34.8 Å². The molecule has 0 aliphatic heterocycles. The highest BCUT2D eigenvalue weighted by molar-refractivity contribution is 6.76. The molecule has 1 atom stereocenters. The monoisotopic (exact) mass is 432 g/mol. The van der Waals surface area contributed by atoms with Gasteiger partial charge >= 0.3 is 0 Å². The van der Waals surface area contributed by atoms with E-state index < -0.39 is 14.2 Å². The Kier molecular flexibility index (Phi) is 6.95. The summed E-state index contributed by atoms with van der Waals surface area (Å²) in [6, 6.07) is 8.84. The molecule has 0 radical (unpaired) electrons. The molecule has 2 N–H and O–H groups in total. The van der Waals surface area contributed by atoms with Crippen LogP contribution in [0.15, 0.2) is 36.8 Å². The molecule has 6 nitrogen and oxygen atoms in total. The highest BCUT2D eigenvalue weighted by atomic mass is 35.5. The van der Waals surface area contributed by atoms with E-state index in [-0.39, 0.29) is 0 Å². The zero-order chi connectivity index (χ0) is 21.0. The zero-order valence-corrected chi connectivity index (χ0v) is 19.2. The minimum absolute atomic E-state index is 0.402. The van der Waals surface area contributed by atoms with Crippen LogP contribution in [0.4, 0.5) is 5.82 Å². The van der Waals surface area contributed by atoms with E-state index in [4.69, 9.17) is 16.3 Å². The Hall–Kier alpha value is -1.93. The fourth-order valence-corrected chi connectivity index (χ4v) is 3.96. The SMILES string of the molecule is CC(O)CNc1ncnc2c1c(-c1cccc(Cl)c1)cn2COCC[Si](C)(C)C. The summed E-state index contributed by atoms with van der Waals surface area (Å²) >= 11 is 6.23. The summed E-state index contributed by atoms with van der Waals surface area (Å²) in [4.78, 5) is 8.92. The number of nitrogens with zero attached hydrogens (tertiary/aromatic N) is 3. The maximum absolute atomic E-state index is 9.68. The van der Waals surface area contributed by atoms with E-state index in [2.05, 4.69) is 34.9 Å². The van der Waals surface area contributed by atoms with Crippen molar-refractivity contribution < 1.29 is 9.84 Å². The second-order valence-corrected chi connectivity index (χ2v) is 14.6. The lowest BCUT2D eigenvalue weighted by molar-refractivity contribution is 0.0899. The lowest BCUT2D eigenvalue weighted by atomic mass is 10.1. The molecule has 0 aliphatic carbocycles. The second-order valence-electron chi connectivity index (χ2n) is 8.52. The average molecular weight is 433 g/mol. The number of aromatic nitrogens is 3. The van der Waals surface area contributed by atoms with E-state index >= 15 is 0 Å². The van der Waals surface area contributed by atoms with Gasteiger partial charge in [-0.3, -0.25) is 0 Å². The molecule has 0 saturated heterocycles. The number of aliphatic hydroxyl groups is 1. The van der Waals surface area contributed by atoms with Gasteiger partial charge in [-0.2, -0.15) is 0 Å². The molecule has 0 fully saturated rings. The van der Waals surface area contributed by atoms with E-state index in [1.54, 1.807) is 6.92 Å². The summed E-state index contributed by atoms with van der Waals surface area (Å²) in [5.74, 6) is 0.687. The molecule has 2 aromatic heterocycles. The summed E-state index contributed by atoms with van der Waals surface area (Å²) in [5, 5.41) is 14.5. The first-order valence-electron chi connectivity index (χ1n) is 9.84. The van der Waals surface area contributed by atoms with Gasteiger partial charge < -0.3 is 19.7 Å². The first-order chi connectivity index (χ1) is 13.7. The van der Waals surface area contributed by atoms with Crippen LogP contribution in [-0.4, -0.2) is 47.0 Å². The largest absolute Gasteiger partial charge is 0.392 e. The van der Waals surface area contributed by atoms with Crippen molar-refractivity contribution >= 4 is 36.5 Å². The predicted octanol–water partition coefficient (Wildman–Crippen LogP) is 4.86. The normalized spacial score (nSPS) is 13.0. The van der Waals surface area contributed by atoms with Gasteiger partial charge in [0, 0.05) is 38.0 Å². The van der Waals surface area contributed by atoms with Crippen molar-refractivity contribution in [1.29, 1.82) is 0 Å². The Morgan fingerprint density at radius 2 is 2.07 bits per heavy atom. The van der Waals surface area contributed by atoms with Crippen LogP contribution in [0.3, 0.4) is 0 Å². The number of ether oxygens (including phenoxy) is 1. The minimum atomic E-state index is -1.14. The van der Waals surface area contributed by atoms with E-state index in [0.29, 0.717) is 24.1 Å². The number of hydrogen-bond donors (Lipinski definition) is 2. The highest BCUT2D eigenvalue weighted by Crippen LogP contribution is 2.34. The smallest absolute Gasteiger partial charge is 0.148 e. The van der Waals surface area contributed by atoms with Gasteiger partial charge in [-0.15, -0.1) is 0 Å². The molecular weight excluding hydrogens is 404 g/mol. The molecule has 0 amide bonds. The fraction of sp³-hybridized carbons (Fsp3) is 0.429. The molecule has 0 saturated carbocycles. The summed E-state index contributed by atoms with van der Waals surface area (Å²) in [6.07, 6.45) is 3.08. The molecule has 3 rings (SSSR count). The maximum atomic E-state index is 9.68. The molecule has 0 bridgehead atoms. The quantitative estimate of drug-likeness (QED) is 0.373. The van der Waals surface area contributed by atoms with Crippen molar-refractivity contribution in [2.45, 2.75) is 45.4 Å². The number of benzene rings is 1. The first kappa shape index (κ1) is 21.8. The van der Waals surface area contributed by atoms with Crippen molar-refractivity contribution in [3.63, 3.8) is 0 Å². The van der Waals surface area contributed by atoms with Crippen LogP contribution < -0.4 is 5.32 Å². The van der Waals surface area contributed by atoms with Crippen LogP contribution >= 0.6 is 11.6 Å². The molecule has 8 heteroatoms. The molecular formula is C21H29ClN4O2Si. The van der Waals surface area contributed by atoms with Gasteiger partial charge in [-0.1, -0.05) is 43.4 Å². The number of halogens is 1. The van der Waals surface area contributed by atoms with Crippen molar-refractivity contribution in [1.82, 2.24) is 14.5 Å². The van der Waals surface area contributed by atoms with Crippen LogP contribution in [-0.2, 0) is 11.5 Å². The Morgan fingerprint density at radius 1 is 1.28 bits per heavy atom. The zero-order valence-electron chi connectivity index (χ0n) is 17.4. The highest BCUT2D eigenvalue weighted by Gasteiger charge is 2.18. The summed E-state index contributed by atoms with van der Waals surface area (Å²) in [7, 11) is -1.14. The van der Waals surface area contributed by atoms with Gasteiger partial charge in [0.15, 0.2) is 0 Å². The molecule has 0 spiro atoms. The van der Waals surface area contributed by atoms with Crippen molar-refractivity contribution in [2.75, 3.05) is 18.5 Å². The van der Waals surface area contributed by atoms with E-state index in [9.17, 15) is 5.11 Å². The van der Waals surface area contributed by atoms with Gasteiger partial charge in [-0.25, -0.2) is 9.97 Å². The van der Waals surface area contributed by atoms with Gasteiger partial charge in [0.05, 0.1) is 11.5 Å².